The fraction of sp³-hybridized carbons (Fsp3) is 0.263. The van der Waals surface area contributed by atoms with Crippen LogP contribution in [0.15, 0.2) is 48.5 Å². The third kappa shape index (κ3) is 4.84. The molecule has 0 aliphatic heterocycles. The van der Waals surface area contributed by atoms with Crippen molar-refractivity contribution in [3.8, 4) is 5.75 Å². The highest BCUT2D eigenvalue weighted by Crippen LogP contribution is 2.17. The Labute approximate surface area is 141 Å². The van der Waals surface area contributed by atoms with Crippen LogP contribution in [0.4, 0.5) is 0 Å². The van der Waals surface area contributed by atoms with Crippen molar-refractivity contribution >= 4 is 11.9 Å². The summed E-state index contributed by atoms with van der Waals surface area (Å²) in [4.78, 5) is 23.2. The van der Waals surface area contributed by atoms with Gasteiger partial charge >= 0.3 is 11.9 Å². The zero-order valence-electron chi connectivity index (χ0n) is 13.8. The standard InChI is InChI=1S/C19H20O5/c1-3-23-19(21)17-7-5-4-6-15(17)13-24-16-10-8-14(9-11-16)12-18(20)22-2/h4-11H,3,12-13H2,1-2H3. The van der Waals surface area contributed by atoms with Gasteiger partial charge in [0.1, 0.15) is 12.4 Å². The Kier molecular flexibility index (Phi) is 6.37. The maximum absolute atomic E-state index is 11.9. The fourth-order valence-electron chi connectivity index (χ4n) is 2.16. The first-order chi connectivity index (χ1) is 11.6. The van der Waals surface area contributed by atoms with Gasteiger partial charge in [-0.15, -0.1) is 0 Å². The van der Waals surface area contributed by atoms with Crippen LogP contribution in [0, 0.1) is 0 Å². The van der Waals surface area contributed by atoms with Crippen LogP contribution in [0.5, 0.6) is 5.75 Å². The summed E-state index contributed by atoms with van der Waals surface area (Å²) in [5.41, 5.74) is 2.11. The number of esters is 2. The number of rotatable bonds is 7. The van der Waals surface area contributed by atoms with Gasteiger partial charge in [0.15, 0.2) is 0 Å². The van der Waals surface area contributed by atoms with Crippen LogP contribution < -0.4 is 4.74 Å². The summed E-state index contributed by atoms with van der Waals surface area (Å²) in [6.45, 7) is 2.36. The van der Waals surface area contributed by atoms with Gasteiger partial charge < -0.3 is 14.2 Å². The molecule has 0 saturated heterocycles. The van der Waals surface area contributed by atoms with E-state index in [0.717, 1.165) is 11.1 Å². The van der Waals surface area contributed by atoms with E-state index in [2.05, 4.69) is 4.74 Å². The molecule has 0 aliphatic carbocycles. The summed E-state index contributed by atoms with van der Waals surface area (Å²) in [6.07, 6.45) is 0.225. The Morgan fingerprint density at radius 1 is 1.00 bits per heavy atom. The first-order valence-corrected chi connectivity index (χ1v) is 7.67. The molecule has 0 saturated carbocycles. The first-order valence-electron chi connectivity index (χ1n) is 7.67. The number of ether oxygens (including phenoxy) is 3. The minimum atomic E-state index is -0.356. The third-order valence-corrected chi connectivity index (χ3v) is 3.41. The quantitative estimate of drug-likeness (QED) is 0.731. The third-order valence-electron chi connectivity index (χ3n) is 3.41. The SMILES string of the molecule is CCOC(=O)c1ccccc1COc1ccc(CC(=O)OC)cc1. The molecule has 5 heteroatoms. The maximum Gasteiger partial charge on any atom is 0.338 e. The highest BCUT2D eigenvalue weighted by Gasteiger charge is 2.12. The van der Waals surface area contributed by atoms with E-state index in [1.165, 1.54) is 7.11 Å². The van der Waals surface area contributed by atoms with Gasteiger partial charge in [0.25, 0.3) is 0 Å². The summed E-state index contributed by atoms with van der Waals surface area (Å²) in [5.74, 6) is 0.0134. The molecule has 0 atom stereocenters. The zero-order chi connectivity index (χ0) is 17.4. The predicted octanol–water partition coefficient (Wildman–Crippen LogP) is 3.16. The predicted molar refractivity (Wildman–Crippen MR) is 88.9 cm³/mol. The fourth-order valence-corrected chi connectivity index (χ4v) is 2.16. The monoisotopic (exact) mass is 328 g/mol. The summed E-state index contributed by atoms with van der Waals surface area (Å²) >= 11 is 0. The molecule has 2 aromatic carbocycles. The molecule has 2 aromatic rings. The van der Waals surface area contributed by atoms with Gasteiger partial charge in [-0.25, -0.2) is 4.79 Å². The van der Waals surface area contributed by atoms with E-state index < -0.39 is 0 Å². The Balaban J connectivity index is 2.01. The average molecular weight is 328 g/mol. The second-order valence-electron chi connectivity index (χ2n) is 5.06. The Hall–Kier alpha value is -2.82. The Morgan fingerprint density at radius 2 is 1.71 bits per heavy atom. The summed E-state index contributed by atoms with van der Waals surface area (Å²) < 4.78 is 15.4. The van der Waals surface area contributed by atoms with E-state index in [-0.39, 0.29) is 25.0 Å². The lowest BCUT2D eigenvalue weighted by Gasteiger charge is -2.11. The summed E-state index contributed by atoms with van der Waals surface area (Å²) in [6, 6.07) is 14.4. The van der Waals surface area contributed by atoms with Crippen LogP contribution in [0.3, 0.4) is 0 Å². The molecule has 0 N–H and O–H groups in total. The summed E-state index contributed by atoms with van der Waals surface area (Å²) in [7, 11) is 1.36. The van der Waals surface area contributed by atoms with E-state index >= 15 is 0 Å². The molecule has 2 rings (SSSR count). The highest BCUT2D eigenvalue weighted by molar-refractivity contribution is 5.91. The van der Waals surface area contributed by atoms with Crippen molar-refractivity contribution < 1.29 is 23.8 Å². The van der Waals surface area contributed by atoms with Crippen LogP contribution in [-0.4, -0.2) is 25.7 Å². The van der Waals surface area contributed by atoms with Crippen LogP contribution in [0.1, 0.15) is 28.4 Å². The van der Waals surface area contributed by atoms with Crippen molar-refractivity contribution in [3.63, 3.8) is 0 Å². The van der Waals surface area contributed by atoms with E-state index in [1.54, 1.807) is 31.2 Å². The van der Waals surface area contributed by atoms with Crippen molar-refractivity contribution in [2.24, 2.45) is 0 Å². The number of carbonyl (C=O) groups is 2. The molecular weight excluding hydrogens is 308 g/mol. The largest absolute Gasteiger partial charge is 0.489 e. The van der Waals surface area contributed by atoms with E-state index in [0.29, 0.717) is 17.9 Å². The highest BCUT2D eigenvalue weighted by atomic mass is 16.5. The normalized spacial score (nSPS) is 10.1. The molecule has 0 fully saturated rings. The van der Waals surface area contributed by atoms with Crippen molar-refractivity contribution in [3.05, 3.63) is 65.2 Å². The molecule has 5 nitrogen and oxygen atoms in total. The lowest BCUT2D eigenvalue weighted by molar-refractivity contribution is -0.139. The topological polar surface area (TPSA) is 61.8 Å². The number of hydrogen-bond donors (Lipinski definition) is 0. The smallest absolute Gasteiger partial charge is 0.338 e. The molecule has 0 radical (unpaired) electrons. The van der Waals surface area contributed by atoms with E-state index in [4.69, 9.17) is 9.47 Å². The van der Waals surface area contributed by atoms with Gasteiger partial charge in [-0.2, -0.15) is 0 Å². The minimum absolute atomic E-state index is 0.225. The van der Waals surface area contributed by atoms with Gasteiger partial charge in [0, 0.05) is 5.56 Å². The van der Waals surface area contributed by atoms with Crippen molar-refractivity contribution in [2.75, 3.05) is 13.7 Å². The summed E-state index contributed by atoms with van der Waals surface area (Å²) in [5, 5.41) is 0. The molecule has 0 unspecified atom stereocenters. The maximum atomic E-state index is 11.9. The Bertz CT molecular complexity index is 691. The molecule has 0 aliphatic rings. The number of benzene rings is 2. The lowest BCUT2D eigenvalue weighted by atomic mass is 10.1. The van der Waals surface area contributed by atoms with Crippen molar-refractivity contribution in [1.82, 2.24) is 0 Å². The molecule has 126 valence electrons. The molecule has 0 bridgehead atoms. The van der Waals surface area contributed by atoms with Crippen LogP contribution >= 0.6 is 0 Å². The van der Waals surface area contributed by atoms with Crippen LogP contribution in [-0.2, 0) is 27.3 Å². The van der Waals surface area contributed by atoms with Gasteiger partial charge in [0.05, 0.1) is 25.7 Å². The van der Waals surface area contributed by atoms with E-state index in [1.807, 2.05) is 24.3 Å². The van der Waals surface area contributed by atoms with Crippen molar-refractivity contribution in [2.45, 2.75) is 20.0 Å². The zero-order valence-corrected chi connectivity index (χ0v) is 13.8. The first kappa shape index (κ1) is 17.5. The van der Waals surface area contributed by atoms with Gasteiger partial charge in [-0.1, -0.05) is 30.3 Å². The van der Waals surface area contributed by atoms with Gasteiger partial charge in [-0.3, -0.25) is 4.79 Å². The molecule has 0 amide bonds. The molecule has 24 heavy (non-hydrogen) atoms. The number of carbonyl (C=O) groups excluding carboxylic acids is 2. The second kappa shape index (κ2) is 8.72. The van der Waals surface area contributed by atoms with Crippen LogP contribution in [0.2, 0.25) is 0 Å². The molecule has 0 heterocycles. The second-order valence-corrected chi connectivity index (χ2v) is 5.06. The van der Waals surface area contributed by atoms with Crippen LogP contribution in [0.25, 0.3) is 0 Å². The molecular formula is C19H20O5. The molecule has 0 aromatic heterocycles. The van der Waals surface area contributed by atoms with Crippen molar-refractivity contribution in [1.29, 1.82) is 0 Å². The molecule has 0 spiro atoms. The minimum Gasteiger partial charge on any atom is -0.489 e. The number of methoxy groups -OCH3 is 1. The lowest BCUT2D eigenvalue weighted by Crippen LogP contribution is -2.09. The van der Waals surface area contributed by atoms with Gasteiger partial charge in [0.2, 0.25) is 0 Å². The van der Waals surface area contributed by atoms with E-state index in [9.17, 15) is 9.59 Å². The Morgan fingerprint density at radius 3 is 2.38 bits per heavy atom. The average Bonchev–Trinajstić information content (AvgIpc) is 2.61. The number of hydrogen-bond acceptors (Lipinski definition) is 5. The van der Waals surface area contributed by atoms with Gasteiger partial charge in [-0.05, 0) is 30.7 Å².